The lowest BCUT2D eigenvalue weighted by Gasteiger charge is -2.41. The second kappa shape index (κ2) is 9.81. The molecule has 0 spiro atoms. The molecule has 3 unspecified atom stereocenters. The van der Waals surface area contributed by atoms with E-state index >= 15 is 0 Å². The second-order valence-electron chi connectivity index (χ2n) is 6.96. The topological polar surface area (TPSA) is 26.7 Å². The molecule has 0 aromatic heterocycles. The van der Waals surface area contributed by atoms with E-state index in [0.29, 0.717) is 6.04 Å². The van der Waals surface area contributed by atoms with E-state index in [0.717, 1.165) is 44.4 Å². The molecule has 1 N–H and O–H groups in total. The highest BCUT2D eigenvalue weighted by Crippen LogP contribution is 2.32. The van der Waals surface area contributed by atoms with E-state index < -0.39 is 0 Å². The van der Waals surface area contributed by atoms with Crippen LogP contribution >= 0.6 is 0 Å². The quantitative estimate of drug-likeness (QED) is 0.708. The Kier molecular flexibility index (Phi) is 8.84. The molecule has 1 saturated carbocycles. The Hall–Kier alpha value is -0.120. The molecule has 1 aliphatic rings. The van der Waals surface area contributed by atoms with E-state index in [9.17, 15) is 5.11 Å². The SMILES string of the molecule is CCN(CC)CCCN(CC)C1CC(C(C)C)CCC1O. The first-order chi connectivity index (χ1) is 10.0. The summed E-state index contributed by atoms with van der Waals surface area (Å²) in [5, 5.41) is 10.4. The van der Waals surface area contributed by atoms with Crippen LogP contribution in [0.2, 0.25) is 0 Å². The van der Waals surface area contributed by atoms with Gasteiger partial charge >= 0.3 is 0 Å². The largest absolute Gasteiger partial charge is 0.391 e. The molecular formula is C18H38N2O. The van der Waals surface area contributed by atoms with E-state index in [2.05, 4.69) is 44.4 Å². The average molecular weight is 299 g/mol. The fraction of sp³-hybridized carbons (Fsp3) is 1.00. The van der Waals surface area contributed by atoms with Gasteiger partial charge < -0.3 is 10.0 Å². The molecule has 0 radical (unpaired) electrons. The summed E-state index contributed by atoms with van der Waals surface area (Å²) in [5.74, 6) is 1.53. The smallest absolute Gasteiger partial charge is 0.0695 e. The maximum absolute atomic E-state index is 10.4. The molecule has 126 valence electrons. The minimum atomic E-state index is -0.117. The zero-order valence-corrected chi connectivity index (χ0v) is 15.0. The predicted molar refractivity (Wildman–Crippen MR) is 91.6 cm³/mol. The van der Waals surface area contributed by atoms with Gasteiger partial charge in [-0.2, -0.15) is 0 Å². The van der Waals surface area contributed by atoms with Crippen LogP contribution in [0.4, 0.5) is 0 Å². The summed E-state index contributed by atoms with van der Waals surface area (Å²) in [5.41, 5.74) is 0. The van der Waals surface area contributed by atoms with Crippen LogP contribution in [0, 0.1) is 11.8 Å². The number of aliphatic hydroxyl groups excluding tert-OH is 1. The second-order valence-corrected chi connectivity index (χ2v) is 6.96. The van der Waals surface area contributed by atoms with Crippen molar-refractivity contribution < 1.29 is 5.11 Å². The maximum Gasteiger partial charge on any atom is 0.0695 e. The van der Waals surface area contributed by atoms with Crippen LogP contribution in [-0.2, 0) is 0 Å². The fourth-order valence-corrected chi connectivity index (χ4v) is 3.76. The molecule has 0 amide bonds. The molecule has 3 heteroatoms. The third kappa shape index (κ3) is 5.88. The Balaban J connectivity index is 2.48. The molecule has 0 aromatic carbocycles. The summed E-state index contributed by atoms with van der Waals surface area (Å²) in [7, 11) is 0. The van der Waals surface area contributed by atoms with Crippen LogP contribution in [0.5, 0.6) is 0 Å². The fourth-order valence-electron chi connectivity index (χ4n) is 3.76. The molecule has 1 rings (SSSR count). The molecule has 21 heavy (non-hydrogen) atoms. The van der Waals surface area contributed by atoms with Crippen LogP contribution in [0.3, 0.4) is 0 Å². The number of rotatable bonds is 9. The van der Waals surface area contributed by atoms with Crippen molar-refractivity contribution in [2.75, 3.05) is 32.7 Å². The summed E-state index contributed by atoms with van der Waals surface area (Å²) < 4.78 is 0. The first kappa shape index (κ1) is 18.9. The standard InChI is InChI=1S/C18H38N2O/c1-6-19(7-2)12-9-13-20(8-3)17-14-16(15(4)5)10-11-18(17)21/h15-18,21H,6-14H2,1-5H3. The zero-order valence-electron chi connectivity index (χ0n) is 15.0. The number of nitrogens with zero attached hydrogens (tertiary/aromatic N) is 2. The summed E-state index contributed by atoms with van der Waals surface area (Å²) in [6.07, 6.45) is 4.46. The lowest BCUT2D eigenvalue weighted by atomic mass is 9.77. The van der Waals surface area contributed by atoms with Crippen LogP contribution in [0.1, 0.15) is 60.3 Å². The van der Waals surface area contributed by atoms with Gasteiger partial charge in [0, 0.05) is 6.04 Å². The molecular weight excluding hydrogens is 260 g/mol. The minimum Gasteiger partial charge on any atom is -0.391 e. The Labute approximate surface area is 132 Å². The van der Waals surface area contributed by atoms with Crippen molar-refractivity contribution in [3.8, 4) is 0 Å². The van der Waals surface area contributed by atoms with Gasteiger partial charge in [0.1, 0.15) is 0 Å². The summed E-state index contributed by atoms with van der Waals surface area (Å²) in [6, 6.07) is 0.382. The van der Waals surface area contributed by atoms with Gasteiger partial charge in [-0.3, -0.25) is 4.90 Å². The van der Waals surface area contributed by atoms with Gasteiger partial charge in [-0.25, -0.2) is 0 Å². The number of hydrogen-bond donors (Lipinski definition) is 1. The van der Waals surface area contributed by atoms with E-state index in [-0.39, 0.29) is 6.10 Å². The van der Waals surface area contributed by atoms with Gasteiger partial charge in [-0.05, 0) is 70.2 Å². The van der Waals surface area contributed by atoms with E-state index in [4.69, 9.17) is 0 Å². The number of likely N-dealkylation sites (N-methyl/N-ethyl adjacent to an activating group) is 1. The summed E-state index contributed by atoms with van der Waals surface area (Å²) >= 11 is 0. The summed E-state index contributed by atoms with van der Waals surface area (Å²) in [4.78, 5) is 5.02. The molecule has 3 atom stereocenters. The van der Waals surface area contributed by atoms with Crippen molar-refractivity contribution in [2.45, 2.75) is 72.4 Å². The van der Waals surface area contributed by atoms with Crippen molar-refractivity contribution in [1.29, 1.82) is 0 Å². The van der Waals surface area contributed by atoms with E-state index in [1.54, 1.807) is 0 Å². The van der Waals surface area contributed by atoms with Gasteiger partial charge in [0.15, 0.2) is 0 Å². The van der Waals surface area contributed by atoms with E-state index in [1.165, 1.54) is 25.8 Å². The van der Waals surface area contributed by atoms with Crippen molar-refractivity contribution in [3.63, 3.8) is 0 Å². The van der Waals surface area contributed by atoms with Gasteiger partial charge in [-0.1, -0.05) is 34.6 Å². The minimum absolute atomic E-state index is 0.117. The third-order valence-electron chi connectivity index (χ3n) is 5.45. The Bertz CT molecular complexity index is 266. The first-order valence-corrected chi connectivity index (χ1v) is 9.17. The van der Waals surface area contributed by atoms with Crippen molar-refractivity contribution in [3.05, 3.63) is 0 Å². The van der Waals surface area contributed by atoms with Crippen molar-refractivity contribution >= 4 is 0 Å². The Morgan fingerprint density at radius 1 is 1.00 bits per heavy atom. The Morgan fingerprint density at radius 3 is 2.19 bits per heavy atom. The predicted octanol–water partition coefficient (Wildman–Crippen LogP) is 3.23. The van der Waals surface area contributed by atoms with Crippen LogP contribution in [0.15, 0.2) is 0 Å². The van der Waals surface area contributed by atoms with Crippen molar-refractivity contribution in [1.82, 2.24) is 9.80 Å². The molecule has 1 aliphatic carbocycles. The normalized spacial score (nSPS) is 27.0. The van der Waals surface area contributed by atoms with Crippen molar-refractivity contribution in [2.24, 2.45) is 11.8 Å². The first-order valence-electron chi connectivity index (χ1n) is 9.17. The van der Waals surface area contributed by atoms with Gasteiger partial charge in [-0.15, -0.1) is 0 Å². The Morgan fingerprint density at radius 2 is 1.67 bits per heavy atom. The summed E-state index contributed by atoms with van der Waals surface area (Å²) in [6.45, 7) is 17.0. The maximum atomic E-state index is 10.4. The van der Waals surface area contributed by atoms with Gasteiger partial charge in [0.2, 0.25) is 0 Å². The lowest BCUT2D eigenvalue weighted by Crippen LogP contribution is -2.48. The molecule has 0 heterocycles. The monoisotopic (exact) mass is 298 g/mol. The molecule has 0 bridgehead atoms. The molecule has 0 aromatic rings. The lowest BCUT2D eigenvalue weighted by molar-refractivity contribution is -0.00370. The third-order valence-corrected chi connectivity index (χ3v) is 5.45. The molecule has 1 fully saturated rings. The highest BCUT2D eigenvalue weighted by molar-refractivity contribution is 4.87. The molecule has 0 aliphatic heterocycles. The number of aliphatic hydroxyl groups is 1. The zero-order chi connectivity index (χ0) is 15.8. The van der Waals surface area contributed by atoms with Gasteiger partial charge in [0.05, 0.1) is 6.10 Å². The highest BCUT2D eigenvalue weighted by Gasteiger charge is 2.33. The van der Waals surface area contributed by atoms with Gasteiger partial charge in [0.25, 0.3) is 0 Å². The average Bonchev–Trinajstić information content (AvgIpc) is 2.48. The van der Waals surface area contributed by atoms with E-state index in [1.807, 2.05) is 0 Å². The van der Waals surface area contributed by atoms with Crippen LogP contribution < -0.4 is 0 Å². The number of hydrogen-bond acceptors (Lipinski definition) is 3. The van der Waals surface area contributed by atoms with Crippen LogP contribution in [-0.4, -0.2) is 59.8 Å². The highest BCUT2D eigenvalue weighted by atomic mass is 16.3. The molecule has 0 saturated heterocycles. The molecule has 3 nitrogen and oxygen atoms in total. The van der Waals surface area contributed by atoms with Crippen LogP contribution in [0.25, 0.3) is 0 Å².